The highest BCUT2D eigenvalue weighted by Gasteiger charge is 2.20. The number of rotatable bonds is 6. The number of hydrogen-bond donors (Lipinski definition) is 2. The Kier molecular flexibility index (Phi) is 7.46. The number of hydrazine groups is 1. The van der Waals surface area contributed by atoms with Gasteiger partial charge >= 0.3 is 0 Å². The number of sulfonamides is 1. The lowest BCUT2D eigenvalue weighted by Crippen LogP contribution is -2.47. The molecule has 0 spiro atoms. The van der Waals surface area contributed by atoms with Crippen LogP contribution >= 0.6 is 11.6 Å². The van der Waals surface area contributed by atoms with Gasteiger partial charge in [-0.2, -0.15) is 0 Å². The van der Waals surface area contributed by atoms with Gasteiger partial charge in [-0.25, -0.2) is 12.7 Å². The monoisotopic (exact) mass is 453 g/mol. The fraction of sp³-hybridized carbons (Fsp3) is 0.300. The first-order chi connectivity index (χ1) is 13.9. The summed E-state index contributed by atoms with van der Waals surface area (Å²) < 4.78 is 30.9. The zero-order chi connectivity index (χ0) is 22.6. The second kappa shape index (κ2) is 9.46. The molecule has 162 valence electrons. The smallest absolute Gasteiger partial charge is 0.279 e. The van der Waals surface area contributed by atoms with Crippen LogP contribution in [0.1, 0.15) is 28.4 Å². The molecule has 0 aliphatic heterocycles. The van der Waals surface area contributed by atoms with E-state index >= 15 is 0 Å². The molecule has 1 atom stereocenters. The third-order valence-corrected chi connectivity index (χ3v) is 6.33. The van der Waals surface area contributed by atoms with Gasteiger partial charge in [-0.3, -0.25) is 20.4 Å². The second-order valence-electron chi connectivity index (χ2n) is 6.88. The average Bonchev–Trinajstić information content (AvgIpc) is 2.68. The number of ether oxygens (including phenoxy) is 1. The van der Waals surface area contributed by atoms with Crippen molar-refractivity contribution < 1.29 is 22.7 Å². The predicted octanol–water partition coefficient (Wildman–Crippen LogP) is 2.44. The number of aryl methyl sites for hydroxylation is 2. The fourth-order valence-corrected chi connectivity index (χ4v) is 3.82. The zero-order valence-electron chi connectivity index (χ0n) is 17.3. The summed E-state index contributed by atoms with van der Waals surface area (Å²) in [6, 6.07) is 8.83. The van der Waals surface area contributed by atoms with Gasteiger partial charge in [0.2, 0.25) is 10.0 Å². The minimum atomic E-state index is -3.59. The van der Waals surface area contributed by atoms with Gasteiger partial charge in [0.1, 0.15) is 5.75 Å². The lowest BCUT2D eigenvalue weighted by molar-refractivity contribution is -0.128. The van der Waals surface area contributed by atoms with Crippen LogP contribution in [0.3, 0.4) is 0 Å². The molecular weight excluding hydrogens is 430 g/mol. The molecule has 0 saturated carbocycles. The number of amides is 2. The molecule has 0 saturated heterocycles. The molecule has 2 aromatic carbocycles. The number of carbonyl (C=O) groups is 2. The molecule has 8 nitrogen and oxygen atoms in total. The van der Waals surface area contributed by atoms with Gasteiger partial charge in [0.25, 0.3) is 11.8 Å². The summed E-state index contributed by atoms with van der Waals surface area (Å²) in [6.45, 7) is 5.19. The first-order valence-electron chi connectivity index (χ1n) is 8.99. The van der Waals surface area contributed by atoms with Crippen LogP contribution in [0.5, 0.6) is 5.75 Å². The highest BCUT2D eigenvalue weighted by molar-refractivity contribution is 7.89. The first-order valence-corrected chi connectivity index (χ1v) is 10.8. The van der Waals surface area contributed by atoms with Crippen molar-refractivity contribution in [2.24, 2.45) is 0 Å². The maximum absolute atomic E-state index is 12.3. The molecule has 2 rings (SSSR count). The summed E-state index contributed by atoms with van der Waals surface area (Å²) >= 11 is 6.00. The van der Waals surface area contributed by atoms with E-state index in [1.807, 2.05) is 13.8 Å². The van der Waals surface area contributed by atoms with Gasteiger partial charge in [-0.1, -0.05) is 11.6 Å². The summed E-state index contributed by atoms with van der Waals surface area (Å²) in [6.07, 6.45) is -0.878. The van der Waals surface area contributed by atoms with Gasteiger partial charge in [0.05, 0.1) is 4.90 Å². The molecule has 0 aromatic heterocycles. The van der Waals surface area contributed by atoms with Crippen molar-refractivity contribution in [3.63, 3.8) is 0 Å². The summed E-state index contributed by atoms with van der Waals surface area (Å²) in [7, 11) is -0.752. The van der Waals surface area contributed by atoms with Gasteiger partial charge < -0.3 is 4.74 Å². The lowest BCUT2D eigenvalue weighted by Gasteiger charge is -2.18. The Morgan fingerprint density at radius 2 is 1.57 bits per heavy atom. The van der Waals surface area contributed by atoms with Crippen LogP contribution < -0.4 is 15.6 Å². The molecule has 0 fully saturated rings. The van der Waals surface area contributed by atoms with Crippen molar-refractivity contribution in [2.45, 2.75) is 31.8 Å². The number of nitrogens with zero attached hydrogens (tertiary/aromatic N) is 1. The molecule has 2 amide bonds. The molecule has 0 bridgehead atoms. The third kappa shape index (κ3) is 5.50. The van der Waals surface area contributed by atoms with Crippen LogP contribution in [-0.2, 0) is 14.8 Å². The van der Waals surface area contributed by atoms with Crippen molar-refractivity contribution >= 4 is 33.4 Å². The van der Waals surface area contributed by atoms with Crippen molar-refractivity contribution in [1.82, 2.24) is 15.2 Å². The van der Waals surface area contributed by atoms with Gasteiger partial charge in [-0.15, -0.1) is 0 Å². The normalized spacial score (nSPS) is 12.4. The van der Waals surface area contributed by atoms with Gasteiger partial charge in [0, 0.05) is 24.7 Å². The molecule has 2 N–H and O–H groups in total. The number of hydrogen-bond acceptors (Lipinski definition) is 5. The van der Waals surface area contributed by atoms with Gasteiger partial charge in [-0.05, 0) is 68.3 Å². The lowest BCUT2D eigenvalue weighted by atomic mass is 10.1. The van der Waals surface area contributed by atoms with Crippen molar-refractivity contribution in [1.29, 1.82) is 0 Å². The summed E-state index contributed by atoms with van der Waals surface area (Å²) in [5.41, 5.74) is 6.35. The summed E-state index contributed by atoms with van der Waals surface area (Å²) in [4.78, 5) is 24.6. The maximum Gasteiger partial charge on any atom is 0.279 e. The van der Waals surface area contributed by atoms with E-state index in [1.165, 1.54) is 38.4 Å². The topological polar surface area (TPSA) is 105 Å². The molecule has 0 aliphatic carbocycles. The van der Waals surface area contributed by atoms with E-state index < -0.39 is 27.9 Å². The van der Waals surface area contributed by atoms with E-state index in [-0.39, 0.29) is 10.5 Å². The molecular formula is C20H24ClN3O5S. The molecule has 0 aliphatic rings. The molecule has 0 heterocycles. The van der Waals surface area contributed by atoms with E-state index in [1.54, 1.807) is 19.1 Å². The van der Waals surface area contributed by atoms with E-state index in [0.29, 0.717) is 10.8 Å². The van der Waals surface area contributed by atoms with E-state index in [2.05, 4.69) is 10.9 Å². The number of benzene rings is 2. The number of carbonyl (C=O) groups excluding carboxylic acids is 2. The number of nitrogens with one attached hydrogen (secondary N) is 2. The second-order valence-corrected chi connectivity index (χ2v) is 9.47. The quantitative estimate of drug-likeness (QED) is 0.653. The first kappa shape index (κ1) is 23.7. The molecule has 1 unspecified atom stereocenters. The van der Waals surface area contributed by atoms with Crippen LogP contribution in [0.25, 0.3) is 0 Å². The summed E-state index contributed by atoms with van der Waals surface area (Å²) in [5, 5.41) is 0.575. The van der Waals surface area contributed by atoms with Crippen molar-refractivity contribution in [2.75, 3.05) is 14.1 Å². The Bertz CT molecular complexity index is 1030. The molecule has 0 radical (unpaired) electrons. The van der Waals surface area contributed by atoms with E-state index in [4.69, 9.17) is 16.3 Å². The Morgan fingerprint density at radius 1 is 1.03 bits per heavy atom. The van der Waals surface area contributed by atoms with Crippen LogP contribution in [0.4, 0.5) is 0 Å². The maximum atomic E-state index is 12.3. The van der Waals surface area contributed by atoms with Crippen molar-refractivity contribution in [3.05, 3.63) is 58.1 Å². The Balaban J connectivity index is 1.98. The highest BCUT2D eigenvalue weighted by atomic mass is 35.5. The molecule has 2 aromatic rings. The number of halogens is 1. The third-order valence-electron chi connectivity index (χ3n) is 4.28. The van der Waals surface area contributed by atoms with Crippen LogP contribution in [-0.4, -0.2) is 44.7 Å². The zero-order valence-corrected chi connectivity index (χ0v) is 18.9. The summed E-state index contributed by atoms with van der Waals surface area (Å²) in [5.74, 6) is -0.599. The predicted molar refractivity (Wildman–Crippen MR) is 114 cm³/mol. The molecule has 10 heteroatoms. The van der Waals surface area contributed by atoms with E-state index in [9.17, 15) is 18.0 Å². The standard InChI is InChI=1S/C20H24ClN3O5S/c1-12-10-16(21)11-13(2)18(12)29-14(3)19(25)22-23-20(26)15-6-8-17(9-7-15)30(27,28)24(4)5/h6-11,14H,1-5H3,(H,22,25)(H,23,26). The molecule has 30 heavy (non-hydrogen) atoms. The van der Waals surface area contributed by atoms with E-state index in [0.717, 1.165) is 15.4 Å². The van der Waals surface area contributed by atoms with Crippen molar-refractivity contribution in [3.8, 4) is 5.75 Å². The fourth-order valence-electron chi connectivity index (χ4n) is 2.59. The van der Waals surface area contributed by atoms with Crippen LogP contribution in [0.2, 0.25) is 5.02 Å². The SMILES string of the molecule is Cc1cc(Cl)cc(C)c1OC(C)C(=O)NNC(=O)c1ccc(S(=O)(=O)N(C)C)cc1. The highest BCUT2D eigenvalue weighted by Crippen LogP contribution is 2.27. The Morgan fingerprint density at radius 3 is 2.07 bits per heavy atom. The minimum absolute atomic E-state index is 0.0591. The Labute approximate surface area is 181 Å². The largest absolute Gasteiger partial charge is 0.480 e. The van der Waals surface area contributed by atoms with Crippen LogP contribution in [0.15, 0.2) is 41.3 Å². The Hall–Kier alpha value is -2.62. The van der Waals surface area contributed by atoms with Crippen LogP contribution in [0, 0.1) is 13.8 Å². The van der Waals surface area contributed by atoms with Gasteiger partial charge in [0.15, 0.2) is 6.10 Å². The minimum Gasteiger partial charge on any atom is -0.480 e. The average molecular weight is 454 g/mol.